The summed E-state index contributed by atoms with van der Waals surface area (Å²) in [6.07, 6.45) is 3.59. The van der Waals surface area contributed by atoms with Crippen LogP contribution in [0.2, 0.25) is 0 Å². The molecule has 2 aliphatic carbocycles. The lowest BCUT2D eigenvalue weighted by Crippen LogP contribution is -2.62. The van der Waals surface area contributed by atoms with Gasteiger partial charge in [0.15, 0.2) is 11.6 Å². The third-order valence-electron chi connectivity index (χ3n) is 10.7. The number of hydrogen-bond acceptors (Lipinski definition) is 8. The number of rotatable bonds is 3. The molecule has 0 radical (unpaired) electrons. The molecular formula is C35H29NO7. The van der Waals surface area contributed by atoms with Gasteiger partial charge < -0.3 is 14.2 Å². The van der Waals surface area contributed by atoms with Crippen molar-refractivity contribution >= 4 is 34.3 Å². The Bertz CT molecular complexity index is 1880. The predicted molar refractivity (Wildman–Crippen MR) is 155 cm³/mol. The highest BCUT2D eigenvalue weighted by atomic mass is 16.6. The molecule has 0 amide bonds. The number of ether oxygens (including phenoxy) is 3. The molecular weight excluding hydrogens is 546 g/mol. The first kappa shape index (κ1) is 26.2. The van der Waals surface area contributed by atoms with Crippen LogP contribution in [-0.4, -0.2) is 67.9 Å². The van der Waals surface area contributed by atoms with Crippen LogP contribution in [-0.2, 0) is 35.8 Å². The van der Waals surface area contributed by atoms with Crippen molar-refractivity contribution in [3.63, 3.8) is 0 Å². The lowest BCUT2D eigenvalue weighted by Gasteiger charge is -2.51. The lowest BCUT2D eigenvalue weighted by atomic mass is 9.50. The molecule has 216 valence electrons. The standard InChI is InChI=1S/C35H29NO7/c1-36-18-25(34-17-15-24(43-34)27(31(39)41-2)28(34)32(40)42-3)33(16-14-19-8-4-5-11-21(19)29(33)37)35(36)23-13-7-10-20-9-6-12-22(26(20)23)30(35)38/h4-13,15,17,24-25H,14,16,18H2,1-3H3/t24?,25-,33-,34?,35-/m1/s1. The number of likely N-dealkylation sites (tertiary alicyclic amines) is 1. The van der Waals surface area contributed by atoms with Crippen molar-refractivity contribution in [1.29, 1.82) is 0 Å². The molecule has 3 aliphatic heterocycles. The summed E-state index contributed by atoms with van der Waals surface area (Å²) in [7, 11) is 4.39. The first-order valence-electron chi connectivity index (χ1n) is 14.5. The number of Topliss-reactive ketones (excluding diaryl/α,β-unsaturated/α-hetero) is 2. The molecule has 2 bridgehead atoms. The number of ketones is 2. The maximum atomic E-state index is 15.3. The number of aryl methyl sites for hydroxylation is 1. The minimum atomic E-state index is -1.50. The van der Waals surface area contributed by atoms with Gasteiger partial charge in [-0.1, -0.05) is 66.7 Å². The highest BCUT2D eigenvalue weighted by molar-refractivity contribution is 6.24. The number of esters is 2. The van der Waals surface area contributed by atoms with Gasteiger partial charge in [-0.15, -0.1) is 0 Å². The molecule has 2 unspecified atom stereocenters. The van der Waals surface area contributed by atoms with Crippen LogP contribution in [0.15, 0.2) is 84.0 Å². The fraction of sp³-hybridized carbons (Fsp3) is 0.314. The van der Waals surface area contributed by atoms with Gasteiger partial charge in [-0.2, -0.15) is 0 Å². The highest BCUT2D eigenvalue weighted by Gasteiger charge is 2.78. The van der Waals surface area contributed by atoms with Crippen molar-refractivity contribution in [3.8, 4) is 0 Å². The van der Waals surface area contributed by atoms with E-state index in [-0.39, 0.29) is 29.3 Å². The molecule has 0 aromatic heterocycles. The number of carbonyl (C=O) groups is 4. The number of fused-ring (bicyclic) bond motifs is 5. The van der Waals surface area contributed by atoms with Gasteiger partial charge in [0.25, 0.3) is 0 Å². The summed E-state index contributed by atoms with van der Waals surface area (Å²) in [5.41, 5.74) is -1.26. The monoisotopic (exact) mass is 575 g/mol. The van der Waals surface area contributed by atoms with Crippen molar-refractivity contribution in [3.05, 3.63) is 106 Å². The Morgan fingerprint density at radius 1 is 0.907 bits per heavy atom. The Kier molecular flexibility index (Phi) is 5.24. The molecule has 8 heteroatoms. The second-order valence-electron chi connectivity index (χ2n) is 12.1. The predicted octanol–water partition coefficient (Wildman–Crippen LogP) is 3.96. The Morgan fingerprint density at radius 3 is 2.40 bits per heavy atom. The fourth-order valence-electron chi connectivity index (χ4n) is 9.20. The van der Waals surface area contributed by atoms with E-state index in [0.717, 1.165) is 21.9 Å². The minimum absolute atomic E-state index is 0.0389. The molecule has 3 heterocycles. The zero-order valence-electron chi connectivity index (χ0n) is 24.0. The Morgan fingerprint density at radius 2 is 1.63 bits per heavy atom. The number of likely N-dealkylation sites (N-methyl/N-ethyl adjacent to an activating group) is 1. The van der Waals surface area contributed by atoms with E-state index in [2.05, 4.69) is 0 Å². The number of nitrogens with zero attached hydrogens (tertiary/aromatic N) is 1. The average Bonchev–Trinajstić information content (AvgIpc) is 3.75. The van der Waals surface area contributed by atoms with Crippen LogP contribution < -0.4 is 0 Å². The molecule has 43 heavy (non-hydrogen) atoms. The van der Waals surface area contributed by atoms with Crippen LogP contribution in [0.25, 0.3) is 10.8 Å². The molecule has 0 saturated carbocycles. The normalized spacial score (nSPS) is 32.0. The van der Waals surface area contributed by atoms with E-state index in [4.69, 9.17) is 14.2 Å². The van der Waals surface area contributed by atoms with Gasteiger partial charge in [-0.05, 0) is 47.9 Å². The molecule has 8 rings (SSSR count). The summed E-state index contributed by atoms with van der Waals surface area (Å²) in [5, 5.41) is 1.77. The Balaban J connectivity index is 1.46. The molecule has 1 saturated heterocycles. The third kappa shape index (κ3) is 2.79. The van der Waals surface area contributed by atoms with E-state index in [1.165, 1.54) is 14.2 Å². The zero-order chi connectivity index (χ0) is 29.9. The summed E-state index contributed by atoms with van der Waals surface area (Å²) in [6, 6.07) is 19.1. The summed E-state index contributed by atoms with van der Waals surface area (Å²) >= 11 is 0. The minimum Gasteiger partial charge on any atom is -0.466 e. The molecule has 5 aliphatic rings. The molecule has 0 N–H and O–H groups in total. The smallest absolute Gasteiger partial charge is 0.337 e. The van der Waals surface area contributed by atoms with Gasteiger partial charge in [0.1, 0.15) is 17.2 Å². The highest BCUT2D eigenvalue weighted by Crippen LogP contribution is 2.69. The van der Waals surface area contributed by atoms with E-state index < -0.39 is 40.5 Å². The van der Waals surface area contributed by atoms with Gasteiger partial charge >= 0.3 is 11.9 Å². The van der Waals surface area contributed by atoms with E-state index >= 15 is 9.59 Å². The second-order valence-corrected chi connectivity index (χ2v) is 12.1. The van der Waals surface area contributed by atoms with Gasteiger partial charge in [0.05, 0.1) is 30.8 Å². The summed E-state index contributed by atoms with van der Waals surface area (Å²) in [6.45, 7) is 0.246. The number of hydrogen-bond donors (Lipinski definition) is 0. The number of methoxy groups -OCH3 is 2. The lowest BCUT2D eigenvalue weighted by molar-refractivity contribution is -0.140. The first-order valence-corrected chi connectivity index (χ1v) is 14.5. The molecule has 2 spiro atoms. The van der Waals surface area contributed by atoms with Gasteiger partial charge in [-0.3, -0.25) is 14.5 Å². The molecule has 1 fully saturated rings. The van der Waals surface area contributed by atoms with Crippen molar-refractivity contribution in [2.24, 2.45) is 11.3 Å². The fourth-order valence-corrected chi connectivity index (χ4v) is 9.20. The van der Waals surface area contributed by atoms with Crippen molar-refractivity contribution < 1.29 is 33.4 Å². The van der Waals surface area contributed by atoms with E-state index in [0.29, 0.717) is 24.0 Å². The van der Waals surface area contributed by atoms with Gasteiger partial charge in [0, 0.05) is 23.6 Å². The summed E-state index contributed by atoms with van der Waals surface area (Å²) < 4.78 is 17.0. The van der Waals surface area contributed by atoms with Crippen molar-refractivity contribution in [1.82, 2.24) is 4.90 Å². The van der Waals surface area contributed by atoms with Gasteiger partial charge in [0.2, 0.25) is 0 Å². The van der Waals surface area contributed by atoms with Crippen LogP contribution >= 0.6 is 0 Å². The van der Waals surface area contributed by atoms with Crippen LogP contribution in [0.1, 0.15) is 38.3 Å². The third-order valence-corrected chi connectivity index (χ3v) is 10.7. The number of carbonyl (C=O) groups excluding carboxylic acids is 4. The van der Waals surface area contributed by atoms with Crippen molar-refractivity contribution in [2.45, 2.75) is 30.1 Å². The average molecular weight is 576 g/mol. The Labute approximate surface area is 247 Å². The van der Waals surface area contributed by atoms with E-state index in [9.17, 15) is 9.59 Å². The molecule has 5 atom stereocenters. The van der Waals surface area contributed by atoms with Crippen molar-refractivity contribution in [2.75, 3.05) is 27.8 Å². The molecule has 8 nitrogen and oxygen atoms in total. The summed E-state index contributed by atoms with van der Waals surface area (Å²) in [4.78, 5) is 59.1. The number of benzene rings is 3. The maximum absolute atomic E-state index is 15.3. The largest absolute Gasteiger partial charge is 0.466 e. The molecule has 3 aromatic rings. The quantitative estimate of drug-likeness (QED) is 0.342. The Hall–Kier alpha value is -4.40. The van der Waals surface area contributed by atoms with Crippen LogP contribution in [0.3, 0.4) is 0 Å². The molecule has 3 aromatic carbocycles. The SMILES string of the molecule is COC(=O)C1=C(C(=O)OC)C2([C@@H]3CN(C)[C@]4(C(=O)c5cccc6cccc4c56)[C@]34CCc3ccccc3C4=O)C=CC1O2. The van der Waals surface area contributed by atoms with Crippen LogP contribution in [0.5, 0.6) is 0 Å². The second kappa shape index (κ2) is 8.58. The van der Waals surface area contributed by atoms with Crippen LogP contribution in [0.4, 0.5) is 0 Å². The van der Waals surface area contributed by atoms with Gasteiger partial charge in [-0.25, -0.2) is 9.59 Å². The maximum Gasteiger partial charge on any atom is 0.337 e. The topological polar surface area (TPSA) is 99.2 Å². The first-order chi connectivity index (χ1) is 20.8. The van der Waals surface area contributed by atoms with E-state index in [1.54, 1.807) is 12.2 Å². The zero-order valence-corrected chi connectivity index (χ0v) is 24.0. The summed E-state index contributed by atoms with van der Waals surface area (Å²) in [5.74, 6) is -2.44. The van der Waals surface area contributed by atoms with E-state index in [1.807, 2.05) is 72.6 Å². The van der Waals surface area contributed by atoms with Crippen LogP contribution in [0, 0.1) is 11.3 Å².